The third-order valence-electron chi connectivity index (χ3n) is 6.06. The van der Waals surface area contributed by atoms with Crippen LogP contribution in [0.1, 0.15) is 63.4 Å². The van der Waals surface area contributed by atoms with Crippen molar-refractivity contribution < 1.29 is 4.79 Å². The summed E-state index contributed by atoms with van der Waals surface area (Å²) in [5, 5.41) is 0.965. The molecule has 1 aromatic heterocycles. The standard InChI is InChI=1S/C20H34N4OS/c1-5-22-11-13-23(14-12-22)19(25)17(4)26-20-21-15(2)16(3)24(20)18-9-7-6-8-10-18/h17-18H,5-14H2,1-4H3. The Labute approximate surface area is 162 Å². The van der Waals surface area contributed by atoms with Gasteiger partial charge in [0.2, 0.25) is 5.91 Å². The molecule has 1 saturated carbocycles. The molecule has 2 aliphatic rings. The van der Waals surface area contributed by atoms with Crippen LogP contribution in [0.2, 0.25) is 0 Å². The van der Waals surface area contributed by atoms with Crippen molar-refractivity contribution >= 4 is 17.7 Å². The Morgan fingerprint density at radius 1 is 1.15 bits per heavy atom. The minimum Gasteiger partial charge on any atom is -0.339 e. The van der Waals surface area contributed by atoms with Crippen molar-refractivity contribution in [1.82, 2.24) is 19.4 Å². The highest BCUT2D eigenvalue weighted by atomic mass is 32.2. The quantitative estimate of drug-likeness (QED) is 0.734. The maximum atomic E-state index is 12.9. The predicted molar refractivity (Wildman–Crippen MR) is 108 cm³/mol. The van der Waals surface area contributed by atoms with E-state index in [1.807, 2.05) is 11.8 Å². The second-order valence-corrected chi connectivity index (χ2v) is 9.05. The van der Waals surface area contributed by atoms with Crippen LogP contribution >= 0.6 is 11.8 Å². The molecule has 0 spiro atoms. The van der Waals surface area contributed by atoms with Gasteiger partial charge in [-0.2, -0.15) is 0 Å². The number of piperazine rings is 1. The van der Waals surface area contributed by atoms with Gasteiger partial charge in [0.1, 0.15) is 0 Å². The third kappa shape index (κ3) is 4.28. The molecule has 2 heterocycles. The molecule has 3 rings (SSSR count). The number of thioether (sulfide) groups is 1. The van der Waals surface area contributed by atoms with Crippen LogP contribution in [-0.2, 0) is 4.79 Å². The summed E-state index contributed by atoms with van der Waals surface area (Å²) in [4.78, 5) is 22.2. The highest BCUT2D eigenvalue weighted by molar-refractivity contribution is 8.00. The summed E-state index contributed by atoms with van der Waals surface area (Å²) in [5.74, 6) is 0.263. The second kappa shape index (κ2) is 8.79. The first kappa shape index (κ1) is 19.7. The normalized spacial score (nSPS) is 21.2. The number of hydrogen-bond donors (Lipinski definition) is 0. The molecule has 1 aliphatic carbocycles. The van der Waals surface area contributed by atoms with Crippen molar-refractivity contribution in [2.24, 2.45) is 0 Å². The number of imidazole rings is 1. The highest BCUT2D eigenvalue weighted by Crippen LogP contribution is 2.35. The number of carbonyl (C=O) groups is 1. The Morgan fingerprint density at radius 3 is 2.42 bits per heavy atom. The summed E-state index contributed by atoms with van der Waals surface area (Å²) in [6.07, 6.45) is 6.45. The van der Waals surface area contributed by atoms with Crippen molar-refractivity contribution in [2.75, 3.05) is 32.7 Å². The molecule has 146 valence electrons. The Morgan fingerprint density at radius 2 is 1.81 bits per heavy atom. The first-order valence-corrected chi connectivity index (χ1v) is 11.1. The lowest BCUT2D eigenvalue weighted by molar-refractivity contribution is -0.132. The van der Waals surface area contributed by atoms with E-state index in [1.54, 1.807) is 11.8 Å². The molecule has 26 heavy (non-hydrogen) atoms. The topological polar surface area (TPSA) is 41.4 Å². The van der Waals surface area contributed by atoms with E-state index >= 15 is 0 Å². The zero-order chi connectivity index (χ0) is 18.7. The molecule has 0 bridgehead atoms. The molecular weight excluding hydrogens is 344 g/mol. The number of nitrogens with zero attached hydrogens (tertiary/aromatic N) is 4. The molecular formula is C20H34N4OS. The predicted octanol–water partition coefficient (Wildman–Crippen LogP) is 3.65. The van der Waals surface area contributed by atoms with Crippen molar-refractivity contribution in [1.29, 1.82) is 0 Å². The van der Waals surface area contributed by atoms with E-state index in [2.05, 4.69) is 30.2 Å². The average molecular weight is 379 g/mol. The minimum absolute atomic E-state index is 0.0771. The lowest BCUT2D eigenvalue weighted by Crippen LogP contribution is -2.50. The van der Waals surface area contributed by atoms with Gasteiger partial charge in [-0.15, -0.1) is 0 Å². The Hall–Kier alpha value is -1.01. The van der Waals surface area contributed by atoms with Gasteiger partial charge in [0.15, 0.2) is 5.16 Å². The van der Waals surface area contributed by atoms with Gasteiger partial charge in [-0.3, -0.25) is 4.79 Å². The smallest absolute Gasteiger partial charge is 0.235 e. The van der Waals surface area contributed by atoms with Crippen LogP contribution in [0.3, 0.4) is 0 Å². The molecule has 1 aliphatic heterocycles. The first-order valence-electron chi connectivity index (χ1n) is 10.2. The second-order valence-electron chi connectivity index (χ2n) is 7.75. The fourth-order valence-corrected chi connectivity index (χ4v) is 5.35. The number of rotatable bonds is 5. The lowest BCUT2D eigenvalue weighted by Gasteiger charge is -2.35. The molecule has 1 saturated heterocycles. The number of aromatic nitrogens is 2. The van der Waals surface area contributed by atoms with Crippen LogP contribution in [0.15, 0.2) is 5.16 Å². The van der Waals surface area contributed by atoms with Crippen LogP contribution in [0, 0.1) is 13.8 Å². The Balaban J connectivity index is 1.68. The highest BCUT2D eigenvalue weighted by Gasteiger charge is 2.28. The molecule has 5 nitrogen and oxygen atoms in total. The number of aryl methyl sites for hydroxylation is 1. The van der Waals surface area contributed by atoms with Gasteiger partial charge in [0, 0.05) is 37.9 Å². The zero-order valence-electron chi connectivity index (χ0n) is 16.8. The van der Waals surface area contributed by atoms with E-state index < -0.39 is 0 Å². The van der Waals surface area contributed by atoms with E-state index in [1.165, 1.54) is 37.8 Å². The molecule has 0 aromatic carbocycles. The summed E-state index contributed by atoms with van der Waals surface area (Å²) in [6, 6.07) is 0.558. The maximum absolute atomic E-state index is 12.9. The molecule has 6 heteroatoms. The number of likely N-dealkylation sites (N-methyl/N-ethyl adjacent to an activating group) is 1. The summed E-state index contributed by atoms with van der Waals surface area (Å²) < 4.78 is 2.43. The Kier molecular flexibility index (Phi) is 6.67. The van der Waals surface area contributed by atoms with Crippen LogP contribution in [0.5, 0.6) is 0 Å². The molecule has 0 radical (unpaired) electrons. The van der Waals surface area contributed by atoms with Gasteiger partial charge < -0.3 is 14.4 Å². The van der Waals surface area contributed by atoms with Gasteiger partial charge in [-0.05, 0) is 40.2 Å². The summed E-state index contributed by atoms with van der Waals surface area (Å²) in [7, 11) is 0. The fourth-order valence-electron chi connectivity index (χ4n) is 4.20. The van der Waals surface area contributed by atoms with E-state index in [4.69, 9.17) is 4.98 Å². The van der Waals surface area contributed by atoms with E-state index in [0.717, 1.165) is 43.6 Å². The summed E-state index contributed by atoms with van der Waals surface area (Å²) in [6.45, 7) is 13.3. The van der Waals surface area contributed by atoms with Gasteiger partial charge >= 0.3 is 0 Å². The maximum Gasteiger partial charge on any atom is 0.235 e. The number of hydrogen-bond acceptors (Lipinski definition) is 4. The molecule has 0 N–H and O–H groups in total. The zero-order valence-corrected chi connectivity index (χ0v) is 17.6. The van der Waals surface area contributed by atoms with Crippen molar-refractivity contribution in [2.45, 2.75) is 76.2 Å². The van der Waals surface area contributed by atoms with Crippen LogP contribution in [-0.4, -0.2) is 63.2 Å². The number of carbonyl (C=O) groups excluding carboxylic acids is 1. The SMILES string of the molecule is CCN1CCN(C(=O)C(C)Sc2nc(C)c(C)n2C2CCCCC2)CC1. The van der Waals surface area contributed by atoms with E-state index in [0.29, 0.717) is 6.04 Å². The van der Waals surface area contributed by atoms with Crippen LogP contribution in [0.25, 0.3) is 0 Å². The third-order valence-corrected chi connectivity index (χ3v) is 7.11. The van der Waals surface area contributed by atoms with Gasteiger partial charge in [0.25, 0.3) is 0 Å². The van der Waals surface area contributed by atoms with E-state index in [9.17, 15) is 4.79 Å². The van der Waals surface area contributed by atoms with Crippen LogP contribution < -0.4 is 0 Å². The molecule has 1 atom stereocenters. The fraction of sp³-hybridized carbons (Fsp3) is 0.800. The van der Waals surface area contributed by atoms with Gasteiger partial charge in [0.05, 0.1) is 10.9 Å². The van der Waals surface area contributed by atoms with Crippen LogP contribution in [0.4, 0.5) is 0 Å². The molecule has 2 fully saturated rings. The van der Waals surface area contributed by atoms with Crippen molar-refractivity contribution in [3.05, 3.63) is 11.4 Å². The molecule has 1 amide bonds. The Bertz CT molecular complexity index is 616. The molecule has 1 aromatic rings. The van der Waals surface area contributed by atoms with Gasteiger partial charge in [-0.1, -0.05) is 37.9 Å². The van der Waals surface area contributed by atoms with Gasteiger partial charge in [-0.25, -0.2) is 4.98 Å². The first-order chi connectivity index (χ1) is 12.5. The van der Waals surface area contributed by atoms with Crippen molar-refractivity contribution in [3.8, 4) is 0 Å². The average Bonchev–Trinajstić information content (AvgIpc) is 2.95. The molecule has 1 unspecified atom stereocenters. The lowest BCUT2D eigenvalue weighted by atomic mass is 9.95. The largest absolute Gasteiger partial charge is 0.339 e. The monoisotopic (exact) mass is 378 g/mol. The number of amides is 1. The summed E-state index contributed by atoms with van der Waals surface area (Å²) in [5.41, 5.74) is 2.38. The van der Waals surface area contributed by atoms with E-state index in [-0.39, 0.29) is 11.2 Å². The minimum atomic E-state index is -0.0771. The van der Waals surface area contributed by atoms with Crippen molar-refractivity contribution in [3.63, 3.8) is 0 Å². The summed E-state index contributed by atoms with van der Waals surface area (Å²) >= 11 is 1.65.